The van der Waals surface area contributed by atoms with Gasteiger partial charge in [-0.25, -0.2) is 4.79 Å². The molecule has 0 heterocycles. The second kappa shape index (κ2) is 4.61. The topological polar surface area (TPSA) is 46.5 Å². The van der Waals surface area contributed by atoms with Gasteiger partial charge in [-0.1, -0.05) is 23.8 Å². The number of ether oxygens (including phenoxy) is 1. The average molecular weight is 262 g/mol. The first-order valence-electron chi connectivity index (χ1n) is 5.10. The molecule has 0 saturated heterocycles. The zero-order valence-electron chi connectivity index (χ0n) is 10.1. The molecular formula is C12H13F3O3. The zero-order valence-corrected chi connectivity index (χ0v) is 10.1. The van der Waals surface area contributed by atoms with Crippen LogP contribution in [0.1, 0.15) is 16.7 Å². The van der Waals surface area contributed by atoms with Gasteiger partial charge >= 0.3 is 12.1 Å². The van der Waals surface area contributed by atoms with Gasteiger partial charge in [-0.05, 0) is 19.4 Å². The first kappa shape index (κ1) is 14.5. The van der Waals surface area contributed by atoms with E-state index in [4.69, 9.17) is 5.11 Å². The molecule has 1 unspecified atom stereocenters. The Kier molecular flexibility index (Phi) is 3.71. The number of benzene rings is 1. The molecule has 0 fully saturated rings. The van der Waals surface area contributed by atoms with Gasteiger partial charge in [-0.2, -0.15) is 13.2 Å². The second-order valence-corrected chi connectivity index (χ2v) is 4.01. The van der Waals surface area contributed by atoms with Gasteiger partial charge in [0.2, 0.25) is 0 Å². The summed E-state index contributed by atoms with van der Waals surface area (Å²) in [6.07, 6.45) is -5.05. The third-order valence-electron chi connectivity index (χ3n) is 2.77. The molecule has 0 radical (unpaired) electrons. The average Bonchev–Trinajstić information content (AvgIpc) is 2.19. The number of aliphatic carboxylic acids is 1. The molecule has 0 saturated carbocycles. The maximum absolute atomic E-state index is 13.1. The van der Waals surface area contributed by atoms with Crippen LogP contribution in [0.2, 0.25) is 0 Å². The van der Waals surface area contributed by atoms with E-state index in [1.807, 2.05) is 0 Å². The summed E-state index contributed by atoms with van der Waals surface area (Å²) in [5.74, 6) is -2.08. The smallest absolute Gasteiger partial charge is 0.432 e. The fourth-order valence-corrected chi connectivity index (χ4v) is 1.91. The van der Waals surface area contributed by atoms with Crippen molar-refractivity contribution in [2.75, 3.05) is 7.11 Å². The fourth-order valence-electron chi connectivity index (χ4n) is 1.91. The van der Waals surface area contributed by atoms with Crippen LogP contribution >= 0.6 is 0 Å². The van der Waals surface area contributed by atoms with E-state index in [9.17, 15) is 18.0 Å². The van der Waals surface area contributed by atoms with Crippen LogP contribution in [0.3, 0.4) is 0 Å². The predicted molar refractivity (Wildman–Crippen MR) is 58.3 cm³/mol. The van der Waals surface area contributed by atoms with Crippen molar-refractivity contribution in [1.29, 1.82) is 0 Å². The summed E-state index contributed by atoms with van der Waals surface area (Å²) in [5.41, 5.74) is -2.77. The number of aryl methyl sites for hydroxylation is 2. The van der Waals surface area contributed by atoms with Crippen molar-refractivity contribution >= 4 is 5.97 Å². The van der Waals surface area contributed by atoms with E-state index in [0.717, 1.165) is 18.7 Å². The highest BCUT2D eigenvalue weighted by atomic mass is 19.4. The Bertz CT molecular complexity index is 468. The Morgan fingerprint density at radius 3 is 2.17 bits per heavy atom. The first-order valence-corrected chi connectivity index (χ1v) is 5.10. The Morgan fingerprint density at radius 1 is 1.28 bits per heavy atom. The number of methoxy groups -OCH3 is 1. The molecule has 1 aromatic carbocycles. The van der Waals surface area contributed by atoms with Gasteiger partial charge in [0.15, 0.2) is 0 Å². The molecule has 1 atom stereocenters. The largest absolute Gasteiger partial charge is 0.479 e. The van der Waals surface area contributed by atoms with Crippen molar-refractivity contribution in [3.63, 3.8) is 0 Å². The first-order chi connectivity index (χ1) is 8.16. The van der Waals surface area contributed by atoms with Gasteiger partial charge in [0.25, 0.3) is 5.60 Å². The van der Waals surface area contributed by atoms with Gasteiger partial charge in [0.1, 0.15) is 0 Å². The van der Waals surface area contributed by atoms with Crippen LogP contribution in [0, 0.1) is 13.8 Å². The Labute approximate surface area is 102 Å². The number of carboxylic acids is 1. The highest BCUT2D eigenvalue weighted by Crippen LogP contribution is 2.43. The summed E-state index contributed by atoms with van der Waals surface area (Å²) in [6.45, 7) is 3.13. The van der Waals surface area contributed by atoms with Crippen LogP contribution < -0.4 is 0 Å². The van der Waals surface area contributed by atoms with Gasteiger partial charge < -0.3 is 9.84 Å². The van der Waals surface area contributed by atoms with Crippen LogP contribution in [0.5, 0.6) is 0 Å². The summed E-state index contributed by atoms with van der Waals surface area (Å²) in [5, 5.41) is 8.96. The Hall–Kier alpha value is -1.56. The maximum Gasteiger partial charge on any atom is 0.432 e. The van der Waals surface area contributed by atoms with E-state index in [0.29, 0.717) is 0 Å². The lowest BCUT2D eigenvalue weighted by Gasteiger charge is -2.31. The summed E-state index contributed by atoms with van der Waals surface area (Å²) in [7, 11) is 0.737. The van der Waals surface area contributed by atoms with Crippen molar-refractivity contribution < 1.29 is 27.8 Å². The summed E-state index contributed by atoms with van der Waals surface area (Å²) < 4.78 is 43.6. The number of carbonyl (C=O) groups is 1. The van der Waals surface area contributed by atoms with E-state index in [1.165, 1.54) is 19.1 Å². The lowest BCUT2D eigenvalue weighted by Crippen LogP contribution is -2.51. The highest BCUT2D eigenvalue weighted by molar-refractivity contribution is 5.81. The summed E-state index contributed by atoms with van der Waals surface area (Å²) in [4.78, 5) is 11.1. The number of halogens is 3. The molecule has 0 bridgehead atoms. The van der Waals surface area contributed by atoms with Gasteiger partial charge in [-0.3, -0.25) is 0 Å². The lowest BCUT2D eigenvalue weighted by molar-refractivity contribution is -0.274. The number of rotatable bonds is 3. The third-order valence-corrected chi connectivity index (χ3v) is 2.77. The SMILES string of the molecule is COC(C(=O)O)(c1ccc(C)cc1C)C(F)(F)F. The molecular weight excluding hydrogens is 249 g/mol. The van der Waals surface area contributed by atoms with Crippen molar-refractivity contribution in [3.8, 4) is 0 Å². The molecule has 6 heteroatoms. The molecule has 1 N–H and O–H groups in total. The van der Waals surface area contributed by atoms with Gasteiger partial charge in [0.05, 0.1) is 0 Å². The minimum Gasteiger partial charge on any atom is -0.479 e. The third kappa shape index (κ3) is 2.08. The molecule has 0 amide bonds. The molecule has 100 valence electrons. The van der Waals surface area contributed by atoms with E-state index in [2.05, 4.69) is 4.74 Å². The molecule has 18 heavy (non-hydrogen) atoms. The molecule has 3 nitrogen and oxygen atoms in total. The number of carboxylic acid groups (broad SMARTS) is 1. The van der Waals surface area contributed by atoms with Crippen molar-refractivity contribution in [2.24, 2.45) is 0 Å². The quantitative estimate of drug-likeness (QED) is 0.911. The minimum atomic E-state index is -5.05. The monoisotopic (exact) mass is 262 g/mol. The standard InChI is InChI=1S/C12H13F3O3/c1-7-4-5-9(8(2)6-7)11(18-3,10(16)17)12(13,14)15/h4-6H,1-3H3,(H,16,17). The molecule has 1 aromatic rings. The minimum absolute atomic E-state index is 0.219. The maximum atomic E-state index is 13.1. The van der Waals surface area contributed by atoms with Crippen LogP contribution in [-0.2, 0) is 15.1 Å². The summed E-state index contributed by atoms with van der Waals surface area (Å²) in [6, 6.07) is 4.04. The van der Waals surface area contributed by atoms with Crippen LogP contribution in [0.25, 0.3) is 0 Å². The van der Waals surface area contributed by atoms with E-state index in [-0.39, 0.29) is 5.56 Å². The van der Waals surface area contributed by atoms with Crippen molar-refractivity contribution in [1.82, 2.24) is 0 Å². The van der Waals surface area contributed by atoms with Crippen molar-refractivity contribution in [3.05, 3.63) is 34.9 Å². The number of hydrogen-bond donors (Lipinski definition) is 1. The van der Waals surface area contributed by atoms with E-state index >= 15 is 0 Å². The van der Waals surface area contributed by atoms with Crippen LogP contribution in [0.4, 0.5) is 13.2 Å². The van der Waals surface area contributed by atoms with Crippen molar-refractivity contribution in [2.45, 2.75) is 25.6 Å². The number of alkyl halides is 3. The normalized spacial score (nSPS) is 15.2. The van der Waals surface area contributed by atoms with Gasteiger partial charge in [-0.15, -0.1) is 0 Å². The Balaban J connectivity index is 3.58. The zero-order chi connectivity index (χ0) is 14.1. The highest BCUT2D eigenvalue weighted by Gasteiger charge is 2.63. The number of hydrogen-bond acceptors (Lipinski definition) is 2. The second-order valence-electron chi connectivity index (χ2n) is 4.01. The molecule has 1 rings (SSSR count). The summed E-state index contributed by atoms with van der Waals surface area (Å²) >= 11 is 0. The van der Waals surface area contributed by atoms with Gasteiger partial charge in [0, 0.05) is 12.7 Å². The molecule has 0 aliphatic heterocycles. The fraction of sp³-hybridized carbons (Fsp3) is 0.417. The van der Waals surface area contributed by atoms with Crippen LogP contribution in [-0.4, -0.2) is 24.4 Å². The predicted octanol–water partition coefficient (Wildman–Crippen LogP) is 2.79. The molecule has 0 aliphatic carbocycles. The Morgan fingerprint density at radius 2 is 1.83 bits per heavy atom. The van der Waals surface area contributed by atoms with Crippen LogP contribution in [0.15, 0.2) is 18.2 Å². The van der Waals surface area contributed by atoms with E-state index < -0.39 is 23.3 Å². The van der Waals surface area contributed by atoms with E-state index in [1.54, 1.807) is 6.92 Å². The molecule has 0 aromatic heterocycles. The molecule has 0 aliphatic rings. The molecule has 0 spiro atoms. The lowest BCUT2D eigenvalue weighted by atomic mass is 9.88.